The van der Waals surface area contributed by atoms with E-state index in [2.05, 4.69) is 10.6 Å². The highest BCUT2D eigenvalue weighted by Gasteiger charge is 2.43. The second kappa shape index (κ2) is 21.4. The Morgan fingerprint density at radius 3 is 2.02 bits per heavy atom. The molecule has 2 rings (SSSR count). The number of methoxy groups -OCH3 is 2. The Morgan fingerprint density at radius 2 is 1.53 bits per heavy atom. The van der Waals surface area contributed by atoms with Crippen molar-refractivity contribution in [3.63, 3.8) is 0 Å². The van der Waals surface area contributed by atoms with Crippen LogP contribution in [0.4, 0.5) is 0 Å². The molecule has 0 radical (unpaired) electrons. The molecule has 0 bridgehead atoms. The van der Waals surface area contributed by atoms with Gasteiger partial charge in [0, 0.05) is 34.2 Å². The lowest BCUT2D eigenvalue weighted by molar-refractivity contribution is -0.148. The predicted molar refractivity (Wildman–Crippen MR) is 205 cm³/mol. The van der Waals surface area contributed by atoms with Crippen molar-refractivity contribution < 1.29 is 38.6 Å². The average Bonchev–Trinajstić information content (AvgIpc) is 3.59. The van der Waals surface area contributed by atoms with E-state index in [0.717, 1.165) is 12.0 Å². The summed E-state index contributed by atoms with van der Waals surface area (Å²) < 4.78 is 11.9. The van der Waals surface area contributed by atoms with E-state index >= 15 is 0 Å². The van der Waals surface area contributed by atoms with Crippen molar-refractivity contribution in [1.82, 2.24) is 25.3 Å². The van der Waals surface area contributed by atoms with Crippen molar-refractivity contribution in [1.29, 1.82) is 0 Å². The maximum atomic E-state index is 14.2. The van der Waals surface area contributed by atoms with Crippen molar-refractivity contribution in [2.75, 3.05) is 41.9 Å². The first-order valence-electron chi connectivity index (χ1n) is 19.1. The summed E-state index contributed by atoms with van der Waals surface area (Å²) in [6.45, 7) is 13.9. The predicted octanol–water partition coefficient (Wildman–Crippen LogP) is 3.45. The third kappa shape index (κ3) is 12.2. The number of rotatable bonds is 21. The van der Waals surface area contributed by atoms with Crippen LogP contribution in [0.2, 0.25) is 0 Å². The Balaban J connectivity index is 2.27. The summed E-state index contributed by atoms with van der Waals surface area (Å²) >= 11 is 0. The quantitative estimate of drug-likeness (QED) is 0.172. The summed E-state index contributed by atoms with van der Waals surface area (Å²) in [5, 5.41) is 15.6. The summed E-state index contributed by atoms with van der Waals surface area (Å²) in [7, 11) is 8.44. The van der Waals surface area contributed by atoms with Gasteiger partial charge in [-0.15, -0.1) is 0 Å². The Bertz CT molecular complexity index is 1330. The zero-order chi connectivity index (χ0) is 40.2. The third-order valence-electron chi connectivity index (χ3n) is 10.8. The molecule has 1 aliphatic rings. The molecule has 13 nitrogen and oxygen atoms in total. The number of carbonyl (C=O) groups is 5. The maximum absolute atomic E-state index is 14.2. The molecule has 53 heavy (non-hydrogen) atoms. The number of amides is 4. The number of benzene rings is 1. The highest BCUT2D eigenvalue weighted by atomic mass is 16.5. The van der Waals surface area contributed by atoms with E-state index in [4.69, 9.17) is 9.47 Å². The molecule has 1 aliphatic heterocycles. The van der Waals surface area contributed by atoms with Crippen LogP contribution in [0.1, 0.15) is 79.7 Å². The standard InChI is InChI=1S/C40H67N5O8/c1-13-26(6)35(44(10)39(49)33(24(2)3)42-38(48)34(25(4)5)43(8)9)31(52-11)23-32(46)45-21-17-20-30(45)36(53-12)27(7)37(47)41-29(40(50)51)22-28-18-15-14-16-19-28/h14-16,18-19,24-27,29-31,33-36H,13,17,20-23H2,1-12H3,(H,41,47)(H,42,48)(H,50,51)/t26-,27+,29-,30-,31+,33-,34-,35?,36+/m0/s1. The van der Waals surface area contributed by atoms with Gasteiger partial charge >= 0.3 is 5.97 Å². The van der Waals surface area contributed by atoms with Crippen molar-refractivity contribution in [3.8, 4) is 0 Å². The zero-order valence-corrected chi connectivity index (χ0v) is 34.1. The van der Waals surface area contributed by atoms with Gasteiger partial charge in [-0.2, -0.15) is 0 Å². The minimum Gasteiger partial charge on any atom is -0.480 e. The number of ether oxygens (including phenoxy) is 2. The van der Waals surface area contributed by atoms with Crippen LogP contribution in [0.5, 0.6) is 0 Å². The van der Waals surface area contributed by atoms with Crippen LogP contribution in [0.25, 0.3) is 0 Å². The zero-order valence-electron chi connectivity index (χ0n) is 34.1. The van der Waals surface area contributed by atoms with Crippen LogP contribution >= 0.6 is 0 Å². The first-order chi connectivity index (χ1) is 24.9. The first-order valence-corrected chi connectivity index (χ1v) is 19.1. The molecular weight excluding hydrogens is 678 g/mol. The summed E-state index contributed by atoms with van der Waals surface area (Å²) in [6.07, 6.45) is 0.820. The molecule has 0 saturated carbocycles. The number of nitrogens with one attached hydrogen (secondary N) is 2. The van der Waals surface area contributed by atoms with E-state index in [1.807, 2.05) is 90.9 Å². The highest BCUT2D eigenvalue weighted by molar-refractivity contribution is 5.90. The molecule has 1 aromatic rings. The van der Waals surface area contributed by atoms with Gasteiger partial charge in [0.15, 0.2) is 0 Å². The number of nitrogens with zero attached hydrogens (tertiary/aromatic N) is 3. The maximum Gasteiger partial charge on any atom is 0.326 e. The molecular formula is C40H67N5O8. The molecule has 3 N–H and O–H groups in total. The summed E-state index contributed by atoms with van der Waals surface area (Å²) in [5.41, 5.74) is 0.785. The fraction of sp³-hybridized carbons (Fsp3) is 0.725. The Kier molecular flexibility index (Phi) is 18.4. The number of hydrogen-bond donors (Lipinski definition) is 3. The van der Waals surface area contributed by atoms with Gasteiger partial charge in [0.1, 0.15) is 12.1 Å². The third-order valence-corrected chi connectivity index (χ3v) is 10.8. The minimum atomic E-state index is -1.14. The van der Waals surface area contributed by atoms with Gasteiger partial charge in [-0.1, -0.05) is 85.2 Å². The van der Waals surface area contributed by atoms with Crippen molar-refractivity contribution >= 4 is 29.6 Å². The van der Waals surface area contributed by atoms with Gasteiger partial charge in [-0.25, -0.2) is 4.79 Å². The molecule has 4 amide bonds. The van der Waals surface area contributed by atoms with Crippen LogP contribution in [0.3, 0.4) is 0 Å². The van der Waals surface area contributed by atoms with Crippen LogP contribution in [-0.4, -0.2) is 134 Å². The van der Waals surface area contributed by atoms with Gasteiger partial charge in [-0.05, 0) is 50.3 Å². The number of carbonyl (C=O) groups excluding carboxylic acids is 4. The van der Waals surface area contributed by atoms with Gasteiger partial charge in [-0.3, -0.25) is 24.1 Å². The van der Waals surface area contributed by atoms with Crippen LogP contribution in [0, 0.1) is 23.7 Å². The largest absolute Gasteiger partial charge is 0.480 e. The summed E-state index contributed by atoms with van der Waals surface area (Å²) in [4.78, 5) is 72.5. The molecule has 1 fully saturated rings. The molecule has 1 aromatic carbocycles. The number of carboxylic acid groups (broad SMARTS) is 1. The van der Waals surface area contributed by atoms with Gasteiger partial charge in [0.25, 0.3) is 0 Å². The fourth-order valence-electron chi connectivity index (χ4n) is 7.76. The second-order valence-corrected chi connectivity index (χ2v) is 15.6. The van der Waals surface area contributed by atoms with Crippen LogP contribution < -0.4 is 10.6 Å². The van der Waals surface area contributed by atoms with E-state index in [9.17, 15) is 29.1 Å². The van der Waals surface area contributed by atoms with Crippen molar-refractivity contribution in [2.45, 2.75) is 123 Å². The molecule has 0 aromatic heterocycles. The lowest BCUT2D eigenvalue weighted by atomic mass is 9.89. The molecule has 1 saturated heterocycles. The molecule has 13 heteroatoms. The Hall–Kier alpha value is -3.55. The second-order valence-electron chi connectivity index (χ2n) is 15.6. The smallest absolute Gasteiger partial charge is 0.326 e. The van der Waals surface area contributed by atoms with E-state index in [1.165, 1.54) is 14.2 Å². The fourth-order valence-corrected chi connectivity index (χ4v) is 7.76. The van der Waals surface area contributed by atoms with E-state index < -0.39 is 60.2 Å². The lowest BCUT2D eigenvalue weighted by Crippen LogP contribution is -2.59. The molecule has 0 aliphatic carbocycles. The van der Waals surface area contributed by atoms with Gasteiger partial charge in [0.05, 0.1) is 42.7 Å². The average molecular weight is 746 g/mol. The highest BCUT2D eigenvalue weighted by Crippen LogP contribution is 2.30. The molecule has 9 atom stereocenters. The van der Waals surface area contributed by atoms with E-state index in [-0.39, 0.29) is 48.3 Å². The van der Waals surface area contributed by atoms with Gasteiger partial charge < -0.3 is 35.0 Å². The number of hydrogen-bond acceptors (Lipinski definition) is 8. The summed E-state index contributed by atoms with van der Waals surface area (Å²) in [5.74, 6) is -3.21. The van der Waals surface area contributed by atoms with E-state index in [1.54, 1.807) is 23.8 Å². The molecule has 0 spiro atoms. The molecule has 300 valence electrons. The normalized spacial score (nSPS) is 19.2. The minimum absolute atomic E-state index is 0.0104. The van der Waals surface area contributed by atoms with E-state index in [0.29, 0.717) is 19.4 Å². The molecule has 1 unspecified atom stereocenters. The lowest BCUT2D eigenvalue weighted by Gasteiger charge is -2.41. The summed E-state index contributed by atoms with van der Waals surface area (Å²) in [6, 6.07) is 5.89. The molecule has 1 heterocycles. The Morgan fingerprint density at radius 1 is 0.906 bits per heavy atom. The van der Waals surface area contributed by atoms with Crippen LogP contribution in [-0.2, 0) is 39.9 Å². The number of aliphatic carboxylic acids is 1. The number of likely N-dealkylation sites (tertiary alicyclic amines) is 1. The monoisotopic (exact) mass is 745 g/mol. The number of carboxylic acids is 1. The first kappa shape index (κ1) is 45.6. The topological polar surface area (TPSA) is 158 Å². The Labute approximate surface area is 317 Å². The number of likely N-dealkylation sites (N-methyl/N-ethyl adjacent to an activating group) is 2. The van der Waals surface area contributed by atoms with Crippen molar-refractivity contribution in [3.05, 3.63) is 35.9 Å². The SMILES string of the molecule is CC[C@H](C)C([C@@H](CC(=O)N1CCC[C@H]1[C@H](OC)[C@@H](C)C(=O)N[C@@H](Cc1ccccc1)C(=O)O)OC)N(C)C(=O)[C@@H](NC(=O)[C@H](C(C)C)N(C)C)C(C)C. The van der Waals surface area contributed by atoms with Crippen LogP contribution in [0.15, 0.2) is 30.3 Å². The van der Waals surface area contributed by atoms with Crippen molar-refractivity contribution in [2.24, 2.45) is 23.7 Å². The van der Waals surface area contributed by atoms with Gasteiger partial charge in [0.2, 0.25) is 23.6 Å².